The summed E-state index contributed by atoms with van der Waals surface area (Å²) in [6.07, 6.45) is 8.53. The van der Waals surface area contributed by atoms with Gasteiger partial charge >= 0.3 is 0 Å². The van der Waals surface area contributed by atoms with Gasteiger partial charge in [-0.1, -0.05) is 12.1 Å². The van der Waals surface area contributed by atoms with E-state index in [4.69, 9.17) is 9.26 Å². The standard InChI is InChI=1S/C27H37N7O4/c1-3-34(8-9-37-2)7-6-29-25(35)24-32-26(38-33-24)20-15-30-23-19(4-5-28-23)22(20)31-21-17-10-16-11-18(21)14-27(36,12-16)13-17/h4-5,15-18,21,36H,3,6-14H2,1-2H3,(H,29,35)(H2,28,30,31)/t16?,17?,18?,21-,27+. The Morgan fingerprint density at radius 1 is 1.29 bits per heavy atom. The Labute approximate surface area is 221 Å². The summed E-state index contributed by atoms with van der Waals surface area (Å²) >= 11 is 0. The average Bonchev–Trinajstić information content (AvgIpc) is 3.57. The first-order valence-electron chi connectivity index (χ1n) is 13.7. The van der Waals surface area contributed by atoms with Crippen molar-refractivity contribution in [2.24, 2.45) is 17.8 Å². The number of fused-ring (bicyclic) bond motifs is 1. The van der Waals surface area contributed by atoms with Gasteiger partial charge in [-0.15, -0.1) is 0 Å². The van der Waals surface area contributed by atoms with Gasteiger partial charge < -0.3 is 30.0 Å². The minimum Gasteiger partial charge on any atom is -0.390 e. The van der Waals surface area contributed by atoms with Gasteiger partial charge in [-0.05, 0) is 62.5 Å². The van der Waals surface area contributed by atoms with Crippen molar-refractivity contribution in [2.75, 3.05) is 45.2 Å². The van der Waals surface area contributed by atoms with Crippen LogP contribution in [-0.4, -0.2) is 87.6 Å². The van der Waals surface area contributed by atoms with Crippen LogP contribution in [0.3, 0.4) is 0 Å². The van der Waals surface area contributed by atoms with E-state index in [0.29, 0.717) is 43.0 Å². The molecule has 4 fully saturated rings. The lowest BCUT2D eigenvalue weighted by Gasteiger charge is -2.58. The van der Waals surface area contributed by atoms with Crippen LogP contribution in [0, 0.1) is 17.8 Å². The monoisotopic (exact) mass is 523 g/mol. The van der Waals surface area contributed by atoms with Crippen LogP contribution in [0.5, 0.6) is 0 Å². The van der Waals surface area contributed by atoms with Crippen molar-refractivity contribution in [3.8, 4) is 11.5 Å². The summed E-state index contributed by atoms with van der Waals surface area (Å²) in [6.45, 7) is 5.59. The predicted octanol–water partition coefficient (Wildman–Crippen LogP) is 2.66. The molecule has 204 valence electrons. The normalized spacial score (nSPS) is 27.9. The first-order chi connectivity index (χ1) is 18.5. The molecule has 0 aromatic carbocycles. The van der Waals surface area contributed by atoms with Gasteiger partial charge in [0, 0.05) is 50.6 Å². The number of aromatic amines is 1. The lowest BCUT2D eigenvalue weighted by Crippen LogP contribution is -2.59. The van der Waals surface area contributed by atoms with Crippen molar-refractivity contribution < 1.29 is 19.2 Å². The molecule has 2 unspecified atom stereocenters. The maximum atomic E-state index is 12.7. The molecule has 0 saturated heterocycles. The van der Waals surface area contributed by atoms with Crippen LogP contribution >= 0.6 is 0 Å². The quantitative estimate of drug-likeness (QED) is 0.298. The topological polar surface area (TPSA) is 141 Å². The van der Waals surface area contributed by atoms with Crippen LogP contribution in [0.25, 0.3) is 22.5 Å². The Bertz CT molecular complexity index is 1270. The SMILES string of the molecule is CCN(CCNC(=O)c1noc(-c2cnc3[nH]ccc3c2N[C@H]2C3CC4CC2C[C@@](O)(C4)C3)n1)CCOC. The number of nitrogens with zero attached hydrogens (tertiary/aromatic N) is 4. The Morgan fingerprint density at radius 2 is 2.11 bits per heavy atom. The van der Waals surface area contributed by atoms with E-state index in [1.807, 2.05) is 12.3 Å². The van der Waals surface area contributed by atoms with Crippen LogP contribution < -0.4 is 10.6 Å². The smallest absolute Gasteiger partial charge is 0.292 e. The van der Waals surface area contributed by atoms with Crippen molar-refractivity contribution in [2.45, 2.75) is 50.7 Å². The Balaban J connectivity index is 1.20. The van der Waals surface area contributed by atoms with Gasteiger partial charge in [0.25, 0.3) is 17.6 Å². The molecule has 0 spiro atoms. The molecule has 4 saturated carbocycles. The third kappa shape index (κ3) is 4.78. The zero-order valence-electron chi connectivity index (χ0n) is 22.1. The Kier molecular flexibility index (Phi) is 6.83. The number of hydrogen-bond acceptors (Lipinski definition) is 9. The summed E-state index contributed by atoms with van der Waals surface area (Å²) in [4.78, 5) is 27.1. The molecule has 1 amide bonds. The molecule has 2 atom stereocenters. The number of anilines is 1. The molecule has 4 aliphatic rings. The molecule has 3 aromatic rings. The van der Waals surface area contributed by atoms with Crippen molar-refractivity contribution in [3.63, 3.8) is 0 Å². The molecule has 3 aromatic heterocycles. The van der Waals surface area contributed by atoms with Gasteiger partial charge in [-0.3, -0.25) is 9.69 Å². The van der Waals surface area contributed by atoms with E-state index >= 15 is 0 Å². The molecule has 4 bridgehead atoms. The first-order valence-corrected chi connectivity index (χ1v) is 13.7. The van der Waals surface area contributed by atoms with E-state index in [1.165, 1.54) is 0 Å². The number of aromatic nitrogens is 4. The Hall–Kier alpha value is -3.02. The molecule has 7 rings (SSSR count). The number of nitrogens with one attached hydrogen (secondary N) is 3. The highest BCUT2D eigenvalue weighted by Crippen LogP contribution is 2.56. The highest BCUT2D eigenvalue weighted by atomic mass is 16.5. The summed E-state index contributed by atoms with van der Waals surface area (Å²) in [5.41, 5.74) is 1.83. The third-order valence-electron chi connectivity index (χ3n) is 8.77. The zero-order chi connectivity index (χ0) is 26.3. The van der Waals surface area contributed by atoms with Crippen LogP contribution in [0.15, 0.2) is 23.0 Å². The molecule has 11 heteroatoms. The summed E-state index contributed by atoms with van der Waals surface area (Å²) in [7, 11) is 1.68. The van der Waals surface area contributed by atoms with E-state index in [2.05, 4.69) is 42.6 Å². The number of aliphatic hydroxyl groups is 1. The van der Waals surface area contributed by atoms with Crippen molar-refractivity contribution in [1.29, 1.82) is 0 Å². The molecule has 0 radical (unpaired) electrons. The minimum atomic E-state index is -0.494. The number of amides is 1. The summed E-state index contributed by atoms with van der Waals surface area (Å²) in [6, 6.07) is 2.25. The van der Waals surface area contributed by atoms with Crippen LogP contribution in [0.1, 0.15) is 49.6 Å². The molecule has 4 N–H and O–H groups in total. The van der Waals surface area contributed by atoms with Crippen LogP contribution in [-0.2, 0) is 4.74 Å². The Morgan fingerprint density at radius 3 is 2.84 bits per heavy atom. The molecular formula is C27H37N7O4. The van der Waals surface area contributed by atoms with Gasteiger partial charge in [0.05, 0.1) is 23.5 Å². The molecule has 38 heavy (non-hydrogen) atoms. The lowest BCUT2D eigenvalue weighted by molar-refractivity contribution is -0.129. The predicted molar refractivity (Wildman–Crippen MR) is 142 cm³/mol. The molecule has 3 heterocycles. The lowest BCUT2D eigenvalue weighted by atomic mass is 9.52. The number of carbonyl (C=O) groups is 1. The number of H-pyrrole nitrogens is 1. The first kappa shape index (κ1) is 25.3. The second-order valence-corrected chi connectivity index (χ2v) is 11.3. The molecular weight excluding hydrogens is 486 g/mol. The van der Waals surface area contributed by atoms with Gasteiger partial charge in [-0.25, -0.2) is 4.98 Å². The van der Waals surface area contributed by atoms with Crippen molar-refractivity contribution in [3.05, 3.63) is 24.3 Å². The van der Waals surface area contributed by atoms with E-state index in [1.54, 1.807) is 13.3 Å². The van der Waals surface area contributed by atoms with E-state index in [-0.39, 0.29) is 23.7 Å². The fourth-order valence-electron chi connectivity index (χ4n) is 7.19. The van der Waals surface area contributed by atoms with Crippen LogP contribution in [0.2, 0.25) is 0 Å². The average molecular weight is 524 g/mol. The number of likely N-dealkylation sites (N-methyl/N-ethyl adjacent to an activating group) is 1. The molecule has 0 aliphatic heterocycles. The molecule has 11 nitrogen and oxygen atoms in total. The zero-order valence-corrected chi connectivity index (χ0v) is 22.1. The highest BCUT2D eigenvalue weighted by Gasteiger charge is 2.54. The van der Waals surface area contributed by atoms with Crippen LogP contribution in [0.4, 0.5) is 5.69 Å². The molecule has 4 aliphatic carbocycles. The third-order valence-corrected chi connectivity index (χ3v) is 8.77. The summed E-state index contributed by atoms with van der Waals surface area (Å²) in [5.74, 6) is 1.36. The van der Waals surface area contributed by atoms with Gasteiger partial charge in [0.15, 0.2) is 0 Å². The fourth-order valence-corrected chi connectivity index (χ4v) is 7.19. The number of methoxy groups -OCH3 is 1. The van der Waals surface area contributed by atoms with E-state index < -0.39 is 5.60 Å². The summed E-state index contributed by atoms with van der Waals surface area (Å²) in [5, 5.41) is 22.7. The minimum absolute atomic E-state index is 0.00287. The number of hydrogen-bond donors (Lipinski definition) is 4. The highest BCUT2D eigenvalue weighted by molar-refractivity contribution is 5.97. The van der Waals surface area contributed by atoms with Gasteiger partial charge in [-0.2, -0.15) is 4.98 Å². The maximum Gasteiger partial charge on any atom is 0.292 e. The second kappa shape index (κ2) is 10.3. The number of pyridine rings is 1. The fraction of sp³-hybridized carbons (Fsp3) is 0.630. The van der Waals surface area contributed by atoms with Gasteiger partial charge in [0.1, 0.15) is 5.65 Å². The maximum absolute atomic E-state index is 12.7. The van der Waals surface area contributed by atoms with Crippen molar-refractivity contribution >= 4 is 22.6 Å². The number of ether oxygens (including phenoxy) is 1. The second-order valence-electron chi connectivity index (χ2n) is 11.3. The van der Waals surface area contributed by atoms with Crippen molar-refractivity contribution in [1.82, 2.24) is 30.3 Å². The largest absolute Gasteiger partial charge is 0.390 e. The summed E-state index contributed by atoms with van der Waals surface area (Å²) < 4.78 is 10.7. The van der Waals surface area contributed by atoms with E-state index in [9.17, 15) is 9.90 Å². The van der Waals surface area contributed by atoms with E-state index in [0.717, 1.165) is 61.9 Å². The number of rotatable bonds is 11. The number of carbonyl (C=O) groups excluding carboxylic acids is 1. The van der Waals surface area contributed by atoms with Gasteiger partial charge in [0.2, 0.25) is 0 Å².